The lowest BCUT2D eigenvalue weighted by Gasteiger charge is -2.31. The Morgan fingerprint density at radius 1 is 1.00 bits per heavy atom. The molecule has 0 bridgehead atoms. The molecule has 0 aliphatic heterocycles. The van der Waals surface area contributed by atoms with Crippen molar-refractivity contribution in [2.75, 3.05) is 13.1 Å². The molecule has 1 heterocycles. The Morgan fingerprint density at radius 3 is 2.00 bits per heavy atom. The first-order valence-electron chi connectivity index (χ1n) is 14.4. The molecule has 0 aliphatic carbocycles. The highest BCUT2D eigenvalue weighted by molar-refractivity contribution is 5.94. The van der Waals surface area contributed by atoms with E-state index >= 15 is 0 Å². The zero-order chi connectivity index (χ0) is 28.9. The van der Waals surface area contributed by atoms with Crippen LogP contribution >= 0.6 is 0 Å². The summed E-state index contributed by atoms with van der Waals surface area (Å²) in [6, 6.07) is 8.83. The Balaban J connectivity index is 2.30. The number of rotatable bonds is 15. The highest BCUT2D eigenvalue weighted by Crippen LogP contribution is 2.31. The van der Waals surface area contributed by atoms with E-state index in [2.05, 4.69) is 42.8 Å². The first kappa shape index (κ1) is 31.7. The molecular weight excluding hydrogens is 490 g/mol. The van der Waals surface area contributed by atoms with Crippen LogP contribution in [0.3, 0.4) is 0 Å². The summed E-state index contributed by atoms with van der Waals surface area (Å²) >= 11 is 0. The molecule has 0 fully saturated rings. The number of azo groups is 1. The van der Waals surface area contributed by atoms with Crippen molar-refractivity contribution in [1.82, 2.24) is 9.47 Å². The minimum atomic E-state index is -0.584. The fraction of sp³-hybridized carbons (Fsp3) is 0.581. The molecule has 2 unspecified atom stereocenters. The maximum absolute atomic E-state index is 13.7. The third-order valence-electron chi connectivity index (χ3n) is 7.60. The predicted molar refractivity (Wildman–Crippen MR) is 156 cm³/mol. The Labute approximate surface area is 233 Å². The topological polar surface area (TPSA) is 111 Å². The van der Waals surface area contributed by atoms with E-state index < -0.39 is 5.56 Å². The van der Waals surface area contributed by atoms with Crippen LogP contribution in [0.1, 0.15) is 101 Å². The summed E-state index contributed by atoms with van der Waals surface area (Å²) in [7, 11) is 1.37. The van der Waals surface area contributed by atoms with E-state index in [0.29, 0.717) is 23.1 Å². The standard InChI is InChI=1S/C31H45N5O3/c1-7-11-13-23(9-3)20-36(21-24(10-4)14-12-8-2)29(37)25-15-17-26(18-16-25)33-34-28-22(5)27(19-32)30(38)35(6)31(28)39/h15-18,23-24,39H,7-14,20-21H2,1-6H3/b34-33+. The molecule has 8 nitrogen and oxygen atoms in total. The molecule has 1 aromatic carbocycles. The molecule has 0 saturated carbocycles. The quantitative estimate of drug-likeness (QED) is 0.237. The Hall–Kier alpha value is -3.47. The van der Waals surface area contributed by atoms with Gasteiger partial charge in [-0.1, -0.05) is 66.2 Å². The van der Waals surface area contributed by atoms with Crippen molar-refractivity contribution in [2.24, 2.45) is 29.1 Å². The minimum absolute atomic E-state index is 0.0357. The molecule has 1 N–H and O–H groups in total. The van der Waals surface area contributed by atoms with Crippen LogP contribution in [-0.2, 0) is 7.05 Å². The van der Waals surface area contributed by atoms with Gasteiger partial charge in [0, 0.05) is 31.3 Å². The van der Waals surface area contributed by atoms with Crippen molar-refractivity contribution in [3.05, 3.63) is 51.3 Å². The minimum Gasteiger partial charge on any atom is -0.493 e. The van der Waals surface area contributed by atoms with Crippen molar-refractivity contribution in [3.8, 4) is 11.9 Å². The van der Waals surface area contributed by atoms with Crippen molar-refractivity contribution < 1.29 is 9.90 Å². The van der Waals surface area contributed by atoms with Crippen molar-refractivity contribution in [1.29, 1.82) is 5.26 Å². The van der Waals surface area contributed by atoms with E-state index in [-0.39, 0.29) is 28.6 Å². The number of aromatic nitrogens is 1. The number of unbranched alkanes of at least 4 members (excludes halogenated alkanes) is 2. The summed E-state index contributed by atoms with van der Waals surface area (Å²) in [6.07, 6.45) is 9.03. The normalized spacial score (nSPS) is 12.8. The van der Waals surface area contributed by atoms with Crippen LogP contribution in [0.4, 0.5) is 11.4 Å². The molecule has 0 radical (unpaired) electrons. The molecule has 2 aromatic rings. The number of carbonyl (C=O) groups excluding carboxylic acids is 1. The lowest BCUT2D eigenvalue weighted by molar-refractivity contribution is 0.0685. The van der Waals surface area contributed by atoms with Crippen molar-refractivity contribution in [2.45, 2.75) is 86.0 Å². The lowest BCUT2D eigenvalue weighted by atomic mass is 9.95. The molecule has 1 aromatic heterocycles. The molecule has 8 heteroatoms. The third kappa shape index (κ3) is 8.51. The SMILES string of the molecule is CCCCC(CC)CN(CC(CC)CCCC)C(=O)c1ccc(/N=N/c2c(C)c(C#N)c(=O)n(C)c2O)cc1. The van der Waals surface area contributed by atoms with Crippen molar-refractivity contribution >= 4 is 17.3 Å². The maximum Gasteiger partial charge on any atom is 0.271 e. The summed E-state index contributed by atoms with van der Waals surface area (Å²) in [5.74, 6) is 0.654. The van der Waals surface area contributed by atoms with Crippen LogP contribution < -0.4 is 5.56 Å². The van der Waals surface area contributed by atoms with Gasteiger partial charge in [-0.3, -0.25) is 14.2 Å². The van der Waals surface area contributed by atoms with Gasteiger partial charge in [0.1, 0.15) is 11.6 Å². The van der Waals surface area contributed by atoms with Crippen LogP contribution in [-0.4, -0.2) is 33.6 Å². The number of amides is 1. The maximum atomic E-state index is 13.7. The predicted octanol–water partition coefficient (Wildman–Crippen LogP) is 7.56. The van der Waals surface area contributed by atoms with Gasteiger partial charge in [0.25, 0.3) is 11.5 Å². The van der Waals surface area contributed by atoms with E-state index in [4.69, 9.17) is 0 Å². The molecule has 0 spiro atoms. The molecule has 2 atom stereocenters. The lowest BCUT2D eigenvalue weighted by Crippen LogP contribution is -2.39. The van der Waals surface area contributed by atoms with Crippen LogP contribution in [0.2, 0.25) is 0 Å². The Morgan fingerprint density at radius 2 is 1.54 bits per heavy atom. The van der Waals surface area contributed by atoms with Gasteiger partial charge in [0.15, 0.2) is 5.69 Å². The second-order valence-corrected chi connectivity index (χ2v) is 10.4. The molecular formula is C31H45N5O3. The fourth-order valence-electron chi connectivity index (χ4n) is 4.78. The molecule has 212 valence electrons. The first-order valence-corrected chi connectivity index (χ1v) is 14.4. The number of nitriles is 1. The zero-order valence-corrected chi connectivity index (χ0v) is 24.5. The zero-order valence-electron chi connectivity index (χ0n) is 24.5. The van der Waals surface area contributed by atoms with Crippen LogP contribution in [0.15, 0.2) is 39.3 Å². The second kappa shape index (κ2) is 15.8. The molecule has 0 aliphatic rings. The summed E-state index contributed by atoms with van der Waals surface area (Å²) < 4.78 is 0.977. The number of hydrogen-bond donors (Lipinski definition) is 1. The summed E-state index contributed by atoms with van der Waals surface area (Å²) in [6.45, 7) is 11.9. The number of benzene rings is 1. The molecule has 39 heavy (non-hydrogen) atoms. The van der Waals surface area contributed by atoms with Gasteiger partial charge in [0.2, 0.25) is 5.88 Å². The summed E-state index contributed by atoms with van der Waals surface area (Å²) in [5, 5.41) is 28.0. The van der Waals surface area contributed by atoms with Gasteiger partial charge >= 0.3 is 0 Å². The number of aromatic hydroxyl groups is 1. The average Bonchev–Trinajstić information content (AvgIpc) is 2.95. The van der Waals surface area contributed by atoms with E-state index in [1.807, 2.05) is 6.07 Å². The molecule has 0 saturated heterocycles. The molecule has 2 rings (SSSR count). The van der Waals surface area contributed by atoms with Gasteiger partial charge in [-0.25, -0.2) is 0 Å². The Kier molecular flexibility index (Phi) is 12.9. The average molecular weight is 536 g/mol. The summed E-state index contributed by atoms with van der Waals surface area (Å²) in [4.78, 5) is 27.9. The molecule has 1 amide bonds. The van der Waals surface area contributed by atoms with Gasteiger partial charge in [-0.05, 0) is 55.9 Å². The third-order valence-corrected chi connectivity index (χ3v) is 7.60. The smallest absolute Gasteiger partial charge is 0.271 e. The second-order valence-electron chi connectivity index (χ2n) is 10.4. The Bertz CT molecular complexity index is 1190. The van der Waals surface area contributed by atoms with E-state index in [1.54, 1.807) is 31.2 Å². The van der Waals surface area contributed by atoms with Gasteiger partial charge in [-0.2, -0.15) is 10.4 Å². The number of pyridine rings is 1. The van der Waals surface area contributed by atoms with Crippen molar-refractivity contribution in [3.63, 3.8) is 0 Å². The van der Waals surface area contributed by atoms with Gasteiger partial charge in [-0.15, -0.1) is 5.11 Å². The van der Waals surface area contributed by atoms with Crippen LogP contribution in [0.5, 0.6) is 5.88 Å². The van der Waals surface area contributed by atoms with E-state index in [9.17, 15) is 20.0 Å². The van der Waals surface area contributed by atoms with Crippen LogP contribution in [0, 0.1) is 30.1 Å². The number of nitrogens with zero attached hydrogens (tertiary/aromatic N) is 5. The number of carbonyl (C=O) groups is 1. The monoisotopic (exact) mass is 535 g/mol. The highest BCUT2D eigenvalue weighted by atomic mass is 16.3. The summed E-state index contributed by atoms with van der Waals surface area (Å²) in [5.41, 5.74) is 0.769. The van der Waals surface area contributed by atoms with Gasteiger partial charge in [0.05, 0.1) is 5.69 Å². The van der Waals surface area contributed by atoms with E-state index in [1.165, 1.54) is 19.9 Å². The van der Waals surface area contributed by atoms with Crippen LogP contribution in [0.25, 0.3) is 0 Å². The van der Waals surface area contributed by atoms with E-state index in [0.717, 1.165) is 56.2 Å². The largest absolute Gasteiger partial charge is 0.493 e. The highest BCUT2D eigenvalue weighted by Gasteiger charge is 2.23. The van der Waals surface area contributed by atoms with Gasteiger partial charge < -0.3 is 10.0 Å². The first-order chi connectivity index (χ1) is 18.7. The fourth-order valence-corrected chi connectivity index (χ4v) is 4.78. The number of hydrogen-bond acceptors (Lipinski definition) is 6.